The van der Waals surface area contributed by atoms with Crippen molar-refractivity contribution in [1.82, 2.24) is 4.98 Å². The van der Waals surface area contributed by atoms with Gasteiger partial charge in [-0.3, -0.25) is 18.2 Å². The standard InChI is InChI=1S/C7H5NS.2H2O4S/c1-2-4-7-6(3-1)8-5-9-7;2*1-5(2,3)4/h1-5H;2*(H2,1,2,3,4). The van der Waals surface area contributed by atoms with E-state index in [0.717, 1.165) is 5.52 Å². The van der Waals surface area contributed by atoms with E-state index in [-0.39, 0.29) is 0 Å². The second kappa shape index (κ2) is 7.44. The van der Waals surface area contributed by atoms with Gasteiger partial charge in [0.25, 0.3) is 0 Å². The maximum absolute atomic E-state index is 8.74. The Bertz CT molecular complexity index is 629. The van der Waals surface area contributed by atoms with Crippen LogP contribution in [0.25, 0.3) is 10.2 Å². The summed E-state index contributed by atoms with van der Waals surface area (Å²) >= 11 is 1.68. The van der Waals surface area contributed by atoms with Crippen LogP contribution in [-0.2, 0) is 20.8 Å². The average molecular weight is 331 g/mol. The van der Waals surface area contributed by atoms with Crippen LogP contribution in [0.1, 0.15) is 0 Å². The van der Waals surface area contributed by atoms with Gasteiger partial charge in [-0.1, -0.05) is 12.1 Å². The van der Waals surface area contributed by atoms with E-state index in [9.17, 15) is 0 Å². The van der Waals surface area contributed by atoms with Crippen molar-refractivity contribution in [2.75, 3.05) is 0 Å². The van der Waals surface area contributed by atoms with Crippen LogP contribution in [0.3, 0.4) is 0 Å². The van der Waals surface area contributed by atoms with E-state index >= 15 is 0 Å². The third-order valence-electron chi connectivity index (χ3n) is 1.24. The van der Waals surface area contributed by atoms with Crippen molar-refractivity contribution in [3.63, 3.8) is 0 Å². The highest BCUT2D eigenvalue weighted by Crippen LogP contribution is 2.15. The molecule has 0 saturated heterocycles. The molecule has 0 fully saturated rings. The van der Waals surface area contributed by atoms with E-state index in [4.69, 9.17) is 35.0 Å². The van der Waals surface area contributed by atoms with E-state index in [2.05, 4.69) is 11.1 Å². The topological polar surface area (TPSA) is 162 Å². The summed E-state index contributed by atoms with van der Waals surface area (Å²) in [6.45, 7) is 0. The zero-order valence-electron chi connectivity index (χ0n) is 8.98. The van der Waals surface area contributed by atoms with Crippen molar-refractivity contribution in [2.45, 2.75) is 0 Å². The summed E-state index contributed by atoms with van der Waals surface area (Å²) in [5, 5.41) is 0. The van der Waals surface area contributed by atoms with Crippen molar-refractivity contribution in [2.24, 2.45) is 0 Å². The molecule has 12 heteroatoms. The van der Waals surface area contributed by atoms with Gasteiger partial charge >= 0.3 is 20.8 Å². The van der Waals surface area contributed by atoms with E-state index in [1.807, 2.05) is 23.7 Å². The van der Waals surface area contributed by atoms with E-state index < -0.39 is 20.8 Å². The highest BCUT2D eigenvalue weighted by atomic mass is 32.3. The molecule has 0 aliphatic heterocycles. The van der Waals surface area contributed by atoms with Gasteiger partial charge in [-0.2, -0.15) is 16.8 Å². The maximum Gasteiger partial charge on any atom is 0.394 e. The molecule has 0 amide bonds. The van der Waals surface area contributed by atoms with Gasteiger partial charge in [-0.25, -0.2) is 4.98 Å². The lowest BCUT2D eigenvalue weighted by molar-refractivity contribution is 0.378. The SMILES string of the molecule is O=S(=O)(O)O.O=S(=O)(O)O.c1ccc2scnc2c1. The quantitative estimate of drug-likeness (QED) is 0.515. The second-order valence-electron chi connectivity index (χ2n) is 2.72. The molecule has 1 heterocycles. The molecule has 0 saturated carbocycles. The molecule has 108 valence electrons. The number of para-hydroxylation sites is 1. The fourth-order valence-corrected chi connectivity index (χ4v) is 1.48. The monoisotopic (exact) mass is 331 g/mol. The smallest absolute Gasteiger partial charge is 0.264 e. The lowest BCUT2D eigenvalue weighted by Crippen LogP contribution is -1.89. The first-order valence-electron chi connectivity index (χ1n) is 4.15. The first-order chi connectivity index (χ1) is 8.47. The highest BCUT2D eigenvalue weighted by molar-refractivity contribution is 7.80. The van der Waals surface area contributed by atoms with Crippen molar-refractivity contribution in [3.8, 4) is 0 Å². The predicted molar refractivity (Wildman–Crippen MR) is 68.0 cm³/mol. The first-order valence-corrected chi connectivity index (χ1v) is 7.82. The van der Waals surface area contributed by atoms with Gasteiger partial charge in [-0.05, 0) is 12.1 Å². The molecule has 1 aromatic heterocycles. The highest BCUT2D eigenvalue weighted by Gasteiger charge is 1.89. The molecule has 0 aliphatic rings. The number of nitrogens with zero attached hydrogens (tertiary/aromatic N) is 1. The van der Waals surface area contributed by atoms with Crippen molar-refractivity contribution in [3.05, 3.63) is 29.8 Å². The third kappa shape index (κ3) is 14.8. The van der Waals surface area contributed by atoms with Crippen molar-refractivity contribution in [1.29, 1.82) is 0 Å². The molecular weight excluding hydrogens is 322 g/mol. The number of hydrogen-bond acceptors (Lipinski definition) is 6. The van der Waals surface area contributed by atoms with Gasteiger partial charge in [0.1, 0.15) is 0 Å². The molecule has 2 aromatic rings. The van der Waals surface area contributed by atoms with E-state index in [1.165, 1.54) is 4.70 Å². The minimum Gasteiger partial charge on any atom is -0.264 e. The van der Waals surface area contributed by atoms with E-state index in [1.54, 1.807) is 11.3 Å². The molecule has 9 nitrogen and oxygen atoms in total. The molecule has 0 aliphatic carbocycles. The molecule has 0 unspecified atom stereocenters. The summed E-state index contributed by atoms with van der Waals surface area (Å²) in [6.07, 6.45) is 0. The summed E-state index contributed by atoms with van der Waals surface area (Å²) in [5.74, 6) is 0. The van der Waals surface area contributed by atoms with Gasteiger partial charge in [0.2, 0.25) is 0 Å². The van der Waals surface area contributed by atoms with Gasteiger partial charge in [0.05, 0.1) is 15.7 Å². The van der Waals surface area contributed by atoms with Crippen LogP contribution >= 0.6 is 11.3 Å². The Balaban J connectivity index is 0.000000283. The normalized spacial score (nSPS) is 10.9. The van der Waals surface area contributed by atoms with Crippen LogP contribution in [0.4, 0.5) is 0 Å². The summed E-state index contributed by atoms with van der Waals surface area (Å²) in [6, 6.07) is 8.13. The Morgan fingerprint density at radius 3 is 1.74 bits per heavy atom. The number of hydrogen-bond donors (Lipinski definition) is 4. The minimum atomic E-state index is -4.67. The Morgan fingerprint density at radius 1 is 0.895 bits per heavy atom. The Kier molecular flexibility index (Phi) is 6.99. The van der Waals surface area contributed by atoms with Crippen LogP contribution in [0.15, 0.2) is 29.8 Å². The molecular formula is C7H9NO8S3. The first kappa shape index (κ1) is 17.8. The Hall–Kier alpha value is -1.15. The number of aromatic nitrogens is 1. The number of benzene rings is 1. The van der Waals surface area contributed by atoms with Crippen LogP contribution in [0.2, 0.25) is 0 Å². The lowest BCUT2D eigenvalue weighted by atomic mass is 10.3. The third-order valence-corrected chi connectivity index (χ3v) is 2.05. The molecule has 4 N–H and O–H groups in total. The van der Waals surface area contributed by atoms with Gasteiger partial charge in [0, 0.05) is 0 Å². The molecule has 0 atom stereocenters. The van der Waals surface area contributed by atoms with Gasteiger partial charge in [0.15, 0.2) is 0 Å². The summed E-state index contributed by atoms with van der Waals surface area (Å²) < 4.78 is 64.4. The fraction of sp³-hybridized carbons (Fsp3) is 0. The van der Waals surface area contributed by atoms with E-state index in [0.29, 0.717) is 0 Å². The largest absolute Gasteiger partial charge is 0.394 e. The molecule has 2 rings (SSSR count). The second-order valence-corrected chi connectivity index (χ2v) is 5.39. The zero-order chi connectivity index (χ0) is 15.1. The van der Waals surface area contributed by atoms with Crippen molar-refractivity contribution >= 4 is 42.4 Å². The summed E-state index contributed by atoms with van der Waals surface area (Å²) in [7, 11) is -9.33. The minimum absolute atomic E-state index is 1.10. The molecule has 19 heavy (non-hydrogen) atoms. The van der Waals surface area contributed by atoms with Crippen LogP contribution < -0.4 is 0 Å². The molecule has 0 bridgehead atoms. The Labute approximate surface area is 112 Å². The average Bonchev–Trinajstić information content (AvgIpc) is 2.59. The van der Waals surface area contributed by atoms with Gasteiger partial charge in [-0.15, -0.1) is 11.3 Å². The number of thiazole rings is 1. The molecule has 1 aromatic carbocycles. The number of fused-ring (bicyclic) bond motifs is 1. The zero-order valence-corrected chi connectivity index (χ0v) is 11.4. The van der Waals surface area contributed by atoms with Crippen molar-refractivity contribution < 1.29 is 35.0 Å². The number of rotatable bonds is 0. The Morgan fingerprint density at radius 2 is 1.32 bits per heavy atom. The van der Waals surface area contributed by atoms with Crippen LogP contribution in [0, 0.1) is 0 Å². The predicted octanol–water partition coefficient (Wildman–Crippen LogP) is 0.991. The molecule has 0 spiro atoms. The summed E-state index contributed by atoms with van der Waals surface area (Å²) in [4.78, 5) is 4.14. The van der Waals surface area contributed by atoms with Crippen LogP contribution in [0.5, 0.6) is 0 Å². The maximum atomic E-state index is 8.74. The lowest BCUT2D eigenvalue weighted by Gasteiger charge is -1.80. The summed E-state index contributed by atoms with van der Waals surface area (Å²) in [5.41, 5.74) is 2.97. The molecule has 0 radical (unpaired) electrons. The fourth-order valence-electron chi connectivity index (χ4n) is 0.803. The van der Waals surface area contributed by atoms with Gasteiger partial charge < -0.3 is 0 Å². The van der Waals surface area contributed by atoms with Crippen LogP contribution in [-0.4, -0.2) is 40.0 Å².